The van der Waals surface area contributed by atoms with Crippen molar-refractivity contribution in [3.8, 4) is 11.1 Å². The van der Waals surface area contributed by atoms with Gasteiger partial charge in [0, 0.05) is 12.1 Å². The number of alkyl halides is 2. The molecule has 6 nitrogen and oxygen atoms in total. The maximum atomic E-state index is 14.5. The molecule has 0 atom stereocenters. The second-order valence-electron chi connectivity index (χ2n) is 10.9. The number of carbonyl (C=O) groups excluding carboxylic acids is 1. The minimum absolute atomic E-state index is 0.0382. The van der Waals surface area contributed by atoms with Gasteiger partial charge in [0.25, 0.3) is 6.43 Å². The molecule has 39 heavy (non-hydrogen) atoms. The molecular weight excluding hydrogens is 502 g/mol. The Balaban J connectivity index is 1.70. The fourth-order valence-electron chi connectivity index (χ4n) is 5.55. The molecule has 0 bridgehead atoms. The zero-order valence-corrected chi connectivity index (χ0v) is 22.5. The zero-order chi connectivity index (χ0) is 28.1. The molecule has 1 fully saturated rings. The number of carbonyl (C=O) groups is 2. The lowest BCUT2D eigenvalue weighted by molar-refractivity contribution is 0.0697. The molecule has 2 aromatic carbocycles. The van der Waals surface area contributed by atoms with Gasteiger partial charge >= 0.3 is 11.7 Å². The molecule has 1 heterocycles. The third-order valence-electron chi connectivity index (χ3n) is 7.65. The van der Waals surface area contributed by atoms with Crippen molar-refractivity contribution in [1.29, 1.82) is 0 Å². The van der Waals surface area contributed by atoms with Crippen LogP contribution in [-0.2, 0) is 13.0 Å². The number of nitrogens with zero attached hydrogens (tertiary/aromatic N) is 2. The molecule has 1 aromatic heterocycles. The Morgan fingerprint density at radius 2 is 1.67 bits per heavy atom. The highest BCUT2D eigenvalue weighted by Gasteiger charge is 2.31. The third-order valence-corrected chi connectivity index (χ3v) is 7.65. The Labute approximate surface area is 227 Å². The first-order chi connectivity index (χ1) is 18.7. The molecule has 0 unspecified atom stereocenters. The maximum absolute atomic E-state index is 14.5. The van der Waals surface area contributed by atoms with Crippen molar-refractivity contribution in [2.45, 2.75) is 78.2 Å². The van der Waals surface area contributed by atoms with Gasteiger partial charge < -0.3 is 5.11 Å². The van der Waals surface area contributed by atoms with Crippen molar-refractivity contribution >= 4 is 11.9 Å². The standard InChI is InChI=1S/C31H36F2N2O4/c1-20(2)12-17-26-28(29(32)33)35(27(36)18-21-8-4-3-5-9-21)31(39)34(26)19-22-13-15-23(16-14-22)24-10-6-7-11-25(24)30(37)38/h6-7,10-11,13-16,20-21,29H,3-5,8-9,12,17-19H2,1-2H3,(H,37,38). The molecule has 0 saturated heterocycles. The van der Waals surface area contributed by atoms with Crippen LogP contribution in [0.5, 0.6) is 0 Å². The largest absolute Gasteiger partial charge is 0.478 e. The van der Waals surface area contributed by atoms with E-state index in [9.17, 15) is 28.3 Å². The van der Waals surface area contributed by atoms with E-state index in [2.05, 4.69) is 0 Å². The predicted molar refractivity (Wildman–Crippen MR) is 147 cm³/mol. The molecule has 0 spiro atoms. The summed E-state index contributed by atoms with van der Waals surface area (Å²) in [5.41, 5.74) is 1.13. The molecule has 1 aliphatic rings. The van der Waals surface area contributed by atoms with E-state index in [1.54, 1.807) is 42.5 Å². The van der Waals surface area contributed by atoms with Crippen LogP contribution in [0.15, 0.2) is 53.3 Å². The predicted octanol–water partition coefficient (Wildman–Crippen LogP) is 7.20. The Kier molecular flexibility index (Phi) is 9.15. The average Bonchev–Trinajstić information content (AvgIpc) is 3.19. The molecule has 3 aromatic rings. The van der Waals surface area contributed by atoms with Gasteiger partial charge in [-0.1, -0.05) is 75.6 Å². The van der Waals surface area contributed by atoms with Gasteiger partial charge in [-0.05, 0) is 60.3 Å². The van der Waals surface area contributed by atoms with Gasteiger partial charge in [0.15, 0.2) is 0 Å². The molecule has 1 saturated carbocycles. The number of hydrogen-bond donors (Lipinski definition) is 1. The van der Waals surface area contributed by atoms with Gasteiger partial charge in [0.05, 0.1) is 12.1 Å². The highest BCUT2D eigenvalue weighted by Crippen LogP contribution is 2.30. The monoisotopic (exact) mass is 538 g/mol. The fourth-order valence-corrected chi connectivity index (χ4v) is 5.55. The maximum Gasteiger partial charge on any atom is 0.336 e. The number of imidazole rings is 1. The zero-order valence-electron chi connectivity index (χ0n) is 22.5. The number of aromatic nitrogens is 2. The van der Waals surface area contributed by atoms with E-state index in [1.165, 1.54) is 10.6 Å². The first-order valence-electron chi connectivity index (χ1n) is 13.7. The van der Waals surface area contributed by atoms with E-state index in [4.69, 9.17) is 0 Å². The van der Waals surface area contributed by atoms with Crippen molar-refractivity contribution in [3.63, 3.8) is 0 Å². The normalized spacial score (nSPS) is 14.3. The summed E-state index contributed by atoms with van der Waals surface area (Å²) in [6, 6.07) is 13.7. The highest BCUT2D eigenvalue weighted by atomic mass is 19.3. The fraction of sp³-hybridized carbons (Fsp3) is 0.452. The number of carboxylic acid groups (broad SMARTS) is 1. The van der Waals surface area contributed by atoms with Crippen molar-refractivity contribution in [2.24, 2.45) is 11.8 Å². The van der Waals surface area contributed by atoms with Gasteiger partial charge in [-0.2, -0.15) is 0 Å². The lowest BCUT2D eigenvalue weighted by Gasteiger charge is -2.20. The summed E-state index contributed by atoms with van der Waals surface area (Å²) < 4.78 is 31.0. The molecule has 1 aliphatic carbocycles. The minimum Gasteiger partial charge on any atom is -0.478 e. The van der Waals surface area contributed by atoms with Crippen LogP contribution in [0.3, 0.4) is 0 Å². The number of rotatable bonds is 10. The van der Waals surface area contributed by atoms with Crippen LogP contribution in [0.4, 0.5) is 8.78 Å². The Bertz CT molecular complexity index is 1370. The molecule has 0 radical (unpaired) electrons. The van der Waals surface area contributed by atoms with Crippen molar-refractivity contribution in [1.82, 2.24) is 9.13 Å². The second-order valence-corrected chi connectivity index (χ2v) is 10.9. The van der Waals surface area contributed by atoms with Crippen LogP contribution in [0.25, 0.3) is 11.1 Å². The van der Waals surface area contributed by atoms with E-state index in [0.717, 1.165) is 36.7 Å². The average molecular weight is 539 g/mol. The van der Waals surface area contributed by atoms with Gasteiger partial charge in [-0.3, -0.25) is 9.36 Å². The lowest BCUT2D eigenvalue weighted by atomic mass is 9.87. The lowest BCUT2D eigenvalue weighted by Crippen LogP contribution is -2.32. The summed E-state index contributed by atoms with van der Waals surface area (Å²) in [7, 11) is 0. The quantitative estimate of drug-likeness (QED) is 0.296. The van der Waals surface area contributed by atoms with E-state index in [-0.39, 0.29) is 42.5 Å². The number of carboxylic acids is 1. The van der Waals surface area contributed by atoms with Crippen LogP contribution < -0.4 is 5.69 Å². The van der Waals surface area contributed by atoms with Crippen LogP contribution >= 0.6 is 0 Å². The first-order valence-corrected chi connectivity index (χ1v) is 13.7. The van der Waals surface area contributed by atoms with Crippen molar-refractivity contribution in [2.75, 3.05) is 0 Å². The number of aromatic carboxylic acids is 1. The summed E-state index contributed by atoms with van der Waals surface area (Å²) in [6.07, 6.45) is 2.92. The topological polar surface area (TPSA) is 81.3 Å². The molecular formula is C31H36F2N2O4. The Hall–Kier alpha value is -3.55. The summed E-state index contributed by atoms with van der Waals surface area (Å²) in [5, 5.41) is 9.52. The number of benzene rings is 2. The van der Waals surface area contributed by atoms with Crippen LogP contribution in [0.2, 0.25) is 0 Å². The first kappa shape index (κ1) is 28.5. The Morgan fingerprint density at radius 3 is 2.28 bits per heavy atom. The summed E-state index contributed by atoms with van der Waals surface area (Å²) in [4.78, 5) is 38.5. The number of hydrogen-bond acceptors (Lipinski definition) is 3. The number of halogens is 2. The van der Waals surface area contributed by atoms with E-state index < -0.39 is 29.7 Å². The third kappa shape index (κ3) is 6.54. The van der Waals surface area contributed by atoms with Crippen LogP contribution in [-0.4, -0.2) is 26.1 Å². The Morgan fingerprint density at radius 1 is 1.00 bits per heavy atom. The van der Waals surface area contributed by atoms with Crippen molar-refractivity contribution < 1.29 is 23.5 Å². The van der Waals surface area contributed by atoms with E-state index >= 15 is 0 Å². The summed E-state index contributed by atoms with van der Waals surface area (Å²) >= 11 is 0. The van der Waals surface area contributed by atoms with Gasteiger partial charge in [-0.15, -0.1) is 0 Å². The van der Waals surface area contributed by atoms with Crippen molar-refractivity contribution in [3.05, 3.63) is 81.5 Å². The summed E-state index contributed by atoms with van der Waals surface area (Å²) in [6.45, 7) is 4.02. The van der Waals surface area contributed by atoms with Crippen LogP contribution in [0.1, 0.15) is 97.3 Å². The molecule has 0 aliphatic heterocycles. The SMILES string of the molecule is CC(C)CCc1c(C(F)F)n(C(=O)CC2CCCCC2)c(=O)n1Cc1ccc(-c2ccccc2C(=O)O)cc1. The van der Waals surface area contributed by atoms with Crippen LogP contribution in [0, 0.1) is 11.8 Å². The molecule has 208 valence electrons. The van der Waals surface area contributed by atoms with Gasteiger partial charge in [0.2, 0.25) is 5.91 Å². The highest BCUT2D eigenvalue weighted by molar-refractivity contribution is 5.96. The van der Waals surface area contributed by atoms with Gasteiger partial charge in [-0.25, -0.2) is 22.9 Å². The molecule has 0 amide bonds. The molecule has 4 rings (SSSR count). The second kappa shape index (κ2) is 12.5. The summed E-state index contributed by atoms with van der Waals surface area (Å²) in [5.74, 6) is -1.23. The van der Waals surface area contributed by atoms with E-state index in [1.807, 2.05) is 13.8 Å². The van der Waals surface area contributed by atoms with Gasteiger partial charge in [0.1, 0.15) is 5.69 Å². The minimum atomic E-state index is -2.95. The van der Waals surface area contributed by atoms with E-state index in [0.29, 0.717) is 23.1 Å². The molecule has 8 heteroatoms. The molecule has 1 N–H and O–H groups in total. The smallest absolute Gasteiger partial charge is 0.336 e.